The zero-order valence-electron chi connectivity index (χ0n) is 18.2. The molecule has 1 aromatic carbocycles. The van der Waals surface area contributed by atoms with Crippen molar-refractivity contribution in [2.45, 2.75) is 84.1 Å². The lowest BCUT2D eigenvalue weighted by molar-refractivity contribution is -0.151. The largest absolute Gasteiger partial charge is 0.494 e. The second-order valence-corrected chi connectivity index (χ2v) is 7.39. The van der Waals surface area contributed by atoms with Gasteiger partial charge >= 0.3 is 12.1 Å². The van der Waals surface area contributed by atoms with Gasteiger partial charge in [-0.2, -0.15) is 0 Å². The van der Waals surface area contributed by atoms with E-state index < -0.39 is 17.6 Å². The number of benzene rings is 1. The Bertz CT molecular complexity index is 602. The van der Waals surface area contributed by atoms with Crippen molar-refractivity contribution in [3.05, 3.63) is 29.8 Å². The van der Waals surface area contributed by atoms with Gasteiger partial charge < -0.3 is 19.9 Å². The molecule has 0 radical (unpaired) electrons. The van der Waals surface area contributed by atoms with Crippen molar-refractivity contribution in [1.82, 2.24) is 5.32 Å². The topological polar surface area (TPSA) is 84.9 Å². The molecule has 1 amide bonds. The number of aryl methyl sites for hydroxylation is 1. The first kappa shape index (κ1) is 24.8. The second-order valence-electron chi connectivity index (χ2n) is 7.39. The third kappa shape index (κ3) is 9.20. The normalized spacial score (nSPS) is 12.8. The average Bonchev–Trinajstić information content (AvgIpc) is 2.69. The van der Waals surface area contributed by atoms with Crippen molar-refractivity contribution in [2.24, 2.45) is 0 Å². The van der Waals surface area contributed by atoms with E-state index in [0.717, 1.165) is 17.7 Å². The minimum absolute atomic E-state index is 0.218. The van der Waals surface area contributed by atoms with Crippen LogP contribution in [-0.4, -0.2) is 35.9 Å². The van der Waals surface area contributed by atoms with Gasteiger partial charge in [0.2, 0.25) is 0 Å². The van der Waals surface area contributed by atoms with Crippen LogP contribution in [0.5, 0.6) is 5.75 Å². The summed E-state index contributed by atoms with van der Waals surface area (Å²) < 4.78 is 10.9. The summed E-state index contributed by atoms with van der Waals surface area (Å²) in [5, 5.41) is 11.7. The number of carboxylic acid groups (broad SMARTS) is 1. The number of hydrogen-bond donors (Lipinski definition) is 2. The molecular weight excluding hydrogens is 370 g/mol. The zero-order valence-corrected chi connectivity index (χ0v) is 18.2. The molecule has 2 N–H and O–H groups in total. The van der Waals surface area contributed by atoms with Crippen LogP contribution < -0.4 is 10.1 Å². The van der Waals surface area contributed by atoms with Crippen LogP contribution in [0.4, 0.5) is 4.79 Å². The molecule has 1 atom stereocenters. The lowest BCUT2D eigenvalue weighted by atomic mass is 9.87. The van der Waals surface area contributed by atoms with E-state index in [1.807, 2.05) is 31.2 Å². The van der Waals surface area contributed by atoms with Gasteiger partial charge in [-0.15, -0.1) is 0 Å². The van der Waals surface area contributed by atoms with E-state index in [1.165, 1.54) is 25.7 Å². The monoisotopic (exact) mass is 407 g/mol. The highest BCUT2D eigenvalue weighted by Crippen LogP contribution is 2.24. The number of carbonyl (C=O) groups is 2. The maximum atomic E-state index is 12.5. The third-order valence-corrected chi connectivity index (χ3v) is 4.97. The van der Waals surface area contributed by atoms with Gasteiger partial charge in [0.1, 0.15) is 11.3 Å². The van der Waals surface area contributed by atoms with E-state index in [2.05, 4.69) is 12.2 Å². The van der Waals surface area contributed by atoms with Gasteiger partial charge in [-0.25, -0.2) is 9.59 Å². The molecule has 1 unspecified atom stereocenters. The van der Waals surface area contributed by atoms with E-state index in [0.29, 0.717) is 32.3 Å². The van der Waals surface area contributed by atoms with Crippen molar-refractivity contribution in [1.29, 1.82) is 0 Å². The van der Waals surface area contributed by atoms with Gasteiger partial charge in [-0.05, 0) is 50.3 Å². The van der Waals surface area contributed by atoms with Crippen LogP contribution in [0.25, 0.3) is 0 Å². The van der Waals surface area contributed by atoms with Crippen LogP contribution in [0.15, 0.2) is 24.3 Å². The molecule has 0 saturated carbocycles. The van der Waals surface area contributed by atoms with Gasteiger partial charge in [0.15, 0.2) is 0 Å². The number of rotatable bonds is 15. The molecule has 0 spiro atoms. The minimum Gasteiger partial charge on any atom is -0.494 e. The minimum atomic E-state index is -1.22. The number of amides is 1. The molecule has 6 heteroatoms. The smallest absolute Gasteiger partial charge is 0.405 e. The average molecular weight is 408 g/mol. The summed E-state index contributed by atoms with van der Waals surface area (Å²) in [6, 6.07) is 7.79. The first-order chi connectivity index (χ1) is 14.0. The molecule has 0 aliphatic heterocycles. The maximum absolute atomic E-state index is 12.5. The molecule has 29 heavy (non-hydrogen) atoms. The zero-order chi connectivity index (χ0) is 21.5. The highest BCUT2D eigenvalue weighted by atomic mass is 16.5. The summed E-state index contributed by atoms with van der Waals surface area (Å²) in [6.07, 6.45) is 6.79. The van der Waals surface area contributed by atoms with Gasteiger partial charge in [-0.3, -0.25) is 0 Å². The van der Waals surface area contributed by atoms with Crippen molar-refractivity contribution < 1.29 is 24.2 Å². The lowest BCUT2D eigenvalue weighted by Crippen LogP contribution is -2.55. The Kier molecular flexibility index (Phi) is 11.8. The number of carbonyl (C=O) groups excluding carboxylic acids is 1. The fourth-order valence-corrected chi connectivity index (χ4v) is 3.41. The van der Waals surface area contributed by atoms with Crippen LogP contribution >= 0.6 is 0 Å². The summed E-state index contributed by atoms with van der Waals surface area (Å²) in [5.41, 5.74) is -0.193. The Morgan fingerprint density at radius 1 is 0.966 bits per heavy atom. The first-order valence-corrected chi connectivity index (χ1v) is 10.9. The molecule has 6 nitrogen and oxygen atoms in total. The predicted molar refractivity (Wildman–Crippen MR) is 114 cm³/mol. The van der Waals surface area contributed by atoms with Crippen LogP contribution in [0.3, 0.4) is 0 Å². The van der Waals surface area contributed by atoms with E-state index in [9.17, 15) is 14.7 Å². The van der Waals surface area contributed by atoms with E-state index >= 15 is 0 Å². The Labute approximate surface area is 175 Å². The van der Waals surface area contributed by atoms with Crippen molar-refractivity contribution in [2.75, 3.05) is 13.2 Å². The number of nitrogens with one attached hydrogen (secondary N) is 1. The lowest BCUT2D eigenvalue weighted by Gasteiger charge is -2.31. The molecule has 0 aliphatic rings. The fourth-order valence-electron chi connectivity index (χ4n) is 3.41. The highest BCUT2D eigenvalue weighted by molar-refractivity contribution is 5.85. The van der Waals surface area contributed by atoms with Gasteiger partial charge in [0, 0.05) is 0 Å². The van der Waals surface area contributed by atoms with Crippen LogP contribution in [-0.2, 0) is 16.0 Å². The molecule has 0 aromatic heterocycles. The van der Waals surface area contributed by atoms with Crippen LogP contribution in [0.1, 0.15) is 77.7 Å². The van der Waals surface area contributed by atoms with E-state index in [1.54, 1.807) is 6.92 Å². The summed E-state index contributed by atoms with van der Waals surface area (Å²) in [5.74, 6) is 0.324. The summed E-state index contributed by atoms with van der Waals surface area (Å²) >= 11 is 0. The van der Waals surface area contributed by atoms with E-state index in [-0.39, 0.29) is 6.61 Å². The number of esters is 1. The molecule has 1 aromatic rings. The predicted octanol–water partition coefficient (Wildman–Crippen LogP) is 5.34. The number of hydrogen-bond acceptors (Lipinski definition) is 4. The SMILES string of the molecule is CCCCCCCOc1ccc(CCC(CCC)(NC(=O)O)C(=O)OCC)cc1. The van der Waals surface area contributed by atoms with Gasteiger partial charge in [0.05, 0.1) is 13.2 Å². The Morgan fingerprint density at radius 2 is 1.66 bits per heavy atom. The molecule has 0 fully saturated rings. The van der Waals surface area contributed by atoms with Crippen LogP contribution in [0.2, 0.25) is 0 Å². The van der Waals surface area contributed by atoms with Crippen molar-refractivity contribution in [3.8, 4) is 5.75 Å². The third-order valence-electron chi connectivity index (χ3n) is 4.97. The molecule has 164 valence electrons. The molecule has 0 heterocycles. The molecular formula is C23H37NO5. The first-order valence-electron chi connectivity index (χ1n) is 10.9. The standard InChI is InChI=1S/C23H37NO5/c1-4-7-8-9-10-18-29-20-13-11-19(12-14-20)15-17-23(16-5-2,24-22(26)27)21(25)28-6-3/h11-14,24H,4-10,15-18H2,1-3H3,(H,26,27). The fraction of sp³-hybridized carbons (Fsp3) is 0.652. The van der Waals surface area contributed by atoms with Crippen LogP contribution in [0, 0.1) is 0 Å². The highest BCUT2D eigenvalue weighted by Gasteiger charge is 2.40. The summed E-state index contributed by atoms with van der Waals surface area (Å²) in [4.78, 5) is 23.8. The van der Waals surface area contributed by atoms with Crippen molar-refractivity contribution >= 4 is 12.1 Å². The molecule has 0 bridgehead atoms. The number of ether oxygens (including phenoxy) is 2. The Morgan fingerprint density at radius 3 is 2.24 bits per heavy atom. The molecule has 0 aliphatic carbocycles. The van der Waals surface area contributed by atoms with Gasteiger partial charge in [0.25, 0.3) is 0 Å². The Hall–Kier alpha value is -2.24. The molecule has 1 rings (SSSR count). The van der Waals surface area contributed by atoms with E-state index in [4.69, 9.17) is 9.47 Å². The second kappa shape index (κ2) is 13.9. The number of unbranched alkanes of at least 4 members (excludes halogenated alkanes) is 4. The quantitative estimate of drug-likeness (QED) is 0.303. The summed E-state index contributed by atoms with van der Waals surface area (Å²) in [7, 11) is 0. The van der Waals surface area contributed by atoms with Crippen molar-refractivity contribution in [3.63, 3.8) is 0 Å². The molecule has 0 saturated heterocycles. The maximum Gasteiger partial charge on any atom is 0.405 e. The summed E-state index contributed by atoms with van der Waals surface area (Å²) in [6.45, 7) is 6.78. The van der Waals surface area contributed by atoms with Gasteiger partial charge in [-0.1, -0.05) is 58.1 Å². The Balaban J connectivity index is 2.64.